The van der Waals surface area contributed by atoms with Crippen LogP contribution < -0.4 is 20.3 Å². The summed E-state index contributed by atoms with van der Waals surface area (Å²) >= 11 is 0. The summed E-state index contributed by atoms with van der Waals surface area (Å²) in [7, 11) is 1.66. The molecule has 0 saturated carbocycles. The molecule has 1 saturated heterocycles. The van der Waals surface area contributed by atoms with Crippen LogP contribution in [0.1, 0.15) is 20.8 Å². The molecule has 2 rings (SSSR count). The Bertz CT molecular complexity index is 613. The van der Waals surface area contributed by atoms with Gasteiger partial charge in [0.25, 0.3) is 0 Å². The number of carbonyl (C=O) groups excluding carboxylic acids is 2. The maximum Gasteiger partial charge on any atom is 0.321 e. The van der Waals surface area contributed by atoms with E-state index >= 15 is 0 Å². The van der Waals surface area contributed by atoms with E-state index in [0.29, 0.717) is 12.5 Å². The Morgan fingerprint density at radius 1 is 1.15 bits per heavy atom. The summed E-state index contributed by atoms with van der Waals surface area (Å²) < 4.78 is 5.28. The molecular weight excluding hydrogens is 332 g/mol. The lowest BCUT2D eigenvalue weighted by Crippen LogP contribution is -2.55. The summed E-state index contributed by atoms with van der Waals surface area (Å²) in [4.78, 5) is 28.4. The van der Waals surface area contributed by atoms with Crippen LogP contribution in [0.2, 0.25) is 0 Å². The van der Waals surface area contributed by atoms with Crippen molar-refractivity contribution in [2.45, 2.75) is 26.8 Å². The second-order valence-corrected chi connectivity index (χ2v) is 6.99. The zero-order valence-corrected chi connectivity index (χ0v) is 16.1. The summed E-state index contributed by atoms with van der Waals surface area (Å²) in [5.41, 5.74) is 1.12. The Morgan fingerprint density at radius 3 is 2.46 bits per heavy atom. The number of hydrogen-bond donors (Lipinski definition) is 2. The zero-order valence-electron chi connectivity index (χ0n) is 16.1. The molecule has 1 aliphatic heterocycles. The SMILES string of the molecule is COc1cccc(N2CCN([C@@H](C)C(=O)NC(=O)NCC(C)C)CC2)c1. The highest BCUT2D eigenvalue weighted by atomic mass is 16.5. The fraction of sp³-hybridized carbons (Fsp3) is 0.579. The van der Waals surface area contributed by atoms with Gasteiger partial charge in [-0.15, -0.1) is 0 Å². The molecule has 2 N–H and O–H groups in total. The molecule has 7 nitrogen and oxygen atoms in total. The Labute approximate surface area is 155 Å². The number of nitrogens with zero attached hydrogens (tertiary/aromatic N) is 2. The average molecular weight is 362 g/mol. The van der Waals surface area contributed by atoms with Crippen molar-refractivity contribution < 1.29 is 14.3 Å². The fourth-order valence-electron chi connectivity index (χ4n) is 2.90. The fourth-order valence-corrected chi connectivity index (χ4v) is 2.90. The lowest BCUT2D eigenvalue weighted by atomic mass is 10.2. The molecule has 3 amide bonds. The van der Waals surface area contributed by atoms with Gasteiger partial charge in [-0.1, -0.05) is 19.9 Å². The number of ether oxygens (including phenoxy) is 1. The van der Waals surface area contributed by atoms with Crippen molar-refractivity contribution in [3.05, 3.63) is 24.3 Å². The van der Waals surface area contributed by atoms with Crippen molar-refractivity contribution in [1.82, 2.24) is 15.5 Å². The molecule has 0 unspecified atom stereocenters. The van der Waals surface area contributed by atoms with Gasteiger partial charge in [-0.05, 0) is 25.0 Å². The van der Waals surface area contributed by atoms with Crippen molar-refractivity contribution in [2.24, 2.45) is 5.92 Å². The quantitative estimate of drug-likeness (QED) is 0.806. The molecule has 0 spiro atoms. The van der Waals surface area contributed by atoms with Crippen LogP contribution in [0, 0.1) is 5.92 Å². The van der Waals surface area contributed by atoms with Crippen LogP contribution in [0.5, 0.6) is 5.75 Å². The monoisotopic (exact) mass is 362 g/mol. The Morgan fingerprint density at radius 2 is 1.85 bits per heavy atom. The van der Waals surface area contributed by atoms with E-state index in [1.807, 2.05) is 39.0 Å². The number of urea groups is 1. The number of imide groups is 1. The molecular formula is C19H30N4O3. The molecule has 0 bridgehead atoms. The molecule has 1 aromatic rings. The van der Waals surface area contributed by atoms with Crippen LogP contribution >= 0.6 is 0 Å². The van der Waals surface area contributed by atoms with E-state index in [9.17, 15) is 9.59 Å². The number of hydrogen-bond acceptors (Lipinski definition) is 5. The first kappa shape index (κ1) is 20.0. The van der Waals surface area contributed by atoms with Gasteiger partial charge in [0.1, 0.15) is 5.75 Å². The molecule has 26 heavy (non-hydrogen) atoms. The second kappa shape index (κ2) is 9.43. The minimum Gasteiger partial charge on any atom is -0.497 e. The van der Waals surface area contributed by atoms with Crippen LogP contribution in [0.4, 0.5) is 10.5 Å². The Kier molecular flexibility index (Phi) is 7.26. The maximum absolute atomic E-state index is 12.3. The van der Waals surface area contributed by atoms with E-state index in [0.717, 1.165) is 37.6 Å². The molecule has 144 valence electrons. The van der Waals surface area contributed by atoms with E-state index in [4.69, 9.17) is 4.74 Å². The molecule has 1 fully saturated rings. The summed E-state index contributed by atoms with van der Waals surface area (Å²) in [5.74, 6) is 0.920. The highest BCUT2D eigenvalue weighted by Crippen LogP contribution is 2.22. The maximum atomic E-state index is 12.3. The number of benzene rings is 1. The van der Waals surface area contributed by atoms with Gasteiger partial charge in [0.2, 0.25) is 5.91 Å². The predicted octanol–water partition coefficient (Wildman–Crippen LogP) is 1.69. The van der Waals surface area contributed by atoms with Gasteiger partial charge in [-0.3, -0.25) is 15.0 Å². The number of rotatable bonds is 6. The van der Waals surface area contributed by atoms with Gasteiger partial charge in [-0.25, -0.2) is 4.79 Å². The number of nitrogens with one attached hydrogen (secondary N) is 2. The van der Waals surface area contributed by atoms with E-state index in [1.54, 1.807) is 7.11 Å². The minimum absolute atomic E-state index is 0.263. The third-order valence-corrected chi connectivity index (χ3v) is 4.57. The summed E-state index contributed by atoms with van der Waals surface area (Å²) in [6.07, 6.45) is 0. The third kappa shape index (κ3) is 5.62. The summed E-state index contributed by atoms with van der Waals surface area (Å²) in [5, 5.41) is 5.13. The van der Waals surface area contributed by atoms with E-state index < -0.39 is 6.03 Å². The van der Waals surface area contributed by atoms with Gasteiger partial charge in [-0.2, -0.15) is 0 Å². The second-order valence-electron chi connectivity index (χ2n) is 6.99. The minimum atomic E-state index is -0.425. The zero-order chi connectivity index (χ0) is 19.1. The Balaban J connectivity index is 1.82. The predicted molar refractivity (Wildman–Crippen MR) is 103 cm³/mol. The van der Waals surface area contributed by atoms with Crippen molar-refractivity contribution in [3.63, 3.8) is 0 Å². The number of piperazine rings is 1. The van der Waals surface area contributed by atoms with Gasteiger partial charge in [0.05, 0.1) is 13.2 Å². The Hall–Kier alpha value is -2.28. The van der Waals surface area contributed by atoms with E-state index in [2.05, 4.69) is 26.5 Å². The van der Waals surface area contributed by atoms with Crippen molar-refractivity contribution >= 4 is 17.6 Å². The lowest BCUT2D eigenvalue weighted by molar-refractivity contribution is -0.124. The molecule has 7 heteroatoms. The van der Waals surface area contributed by atoms with Crippen molar-refractivity contribution in [2.75, 3.05) is 44.7 Å². The first-order chi connectivity index (χ1) is 12.4. The number of anilines is 1. The van der Waals surface area contributed by atoms with Crippen molar-refractivity contribution in [1.29, 1.82) is 0 Å². The van der Waals surface area contributed by atoms with Gasteiger partial charge in [0.15, 0.2) is 0 Å². The molecule has 1 aliphatic rings. The molecule has 0 aromatic heterocycles. The standard InChI is InChI=1S/C19H30N4O3/c1-14(2)13-20-19(25)21-18(24)15(3)22-8-10-23(11-9-22)16-6-5-7-17(12-16)26-4/h5-7,12,14-15H,8-11,13H2,1-4H3,(H2,20,21,24,25)/t15-/m0/s1. The first-order valence-electron chi connectivity index (χ1n) is 9.12. The normalized spacial score (nSPS) is 16.3. The molecule has 1 heterocycles. The molecule has 0 aliphatic carbocycles. The van der Waals surface area contributed by atoms with Crippen LogP contribution in [0.3, 0.4) is 0 Å². The highest BCUT2D eigenvalue weighted by molar-refractivity contribution is 5.96. The van der Waals surface area contributed by atoms with Crippen LogP contribution in [-0.4, -0.2) is 62.7 Å². The smallest absolute Gasteiger partial charge is 0.321 e. The van der Waals surface area contributed by atoms with Gasteiger partial charge in [0, 0.05) is 44.5 Å². The number of methoxy groups -OCH3 is 1. The number of carbonyl (C=O) groups is 2. The van der Waals surface area contributed by atoms with Crippen molar-refractivity contribution in [3.8, 4) is 5.75 Å². The molecule has 0 radical (unpaired) electrons. The molecule has 1 aromatic carbocycles. The van der Waals surface area contributed by atoms with E-state index in [1.165, 1.54) is 0 Å². The van der Waals surface area contributed by atoms with Gasteiger partial charge >= 0.3 is 6.03 Å². The number of amides is 3. The topological polar surface area (TPSA) is 73.9 Å². The van der Waals surface area contributed by atoms with Crippen LogP contribution in [0.15, 0.2) is 24.3 Å². The third-order valence-electron chi connectivity index (χ3n) is 4.57. The summed E-state index contributed by atoms with van der Waals surface area (Å²) in [6.45, 7) is 9.57. The van der Waals surface area contributed by atoms with Crippen LogP contribution in [0.25, 0.3) is 0 Å². The lowest BCUT2D eigenvalue weighted by Gasteiger charge is -2.38. The highest BCUT2D eigenvalue weighted by Gasteiger charge is 2.26. The largest absolute Gasteiger partial charge is 0.497 e. The van der Waals surface area contributed by atoms with Crippen LogP contribution in [-0.2, 0) is 4.79 Å². The molecule has 1 atom stereocenters. The van der Waals surface area contributed by atoms with E-state index in [-0.39, 0.29) is 11.9 Å². The summed E-state index contributed by atoms with van der Waals surface area (Å²) in [6, 6.07) is 7.22. The average Bonchev–Trinajstić information content (AvgIpc) is 2.66. The first-order valence-corrected chi connectivity index (χ1v) is 9.12. The van der Waals surface area contributed by atoms with Gasteiger partial charge < -0.3 is 15.0 Å².